The first-order chi connectivity index (χ1) is 19.7. The van der Waals surface area contributed by atoms with Crippen LogP contribution in [0.25, 0.3) is 44.6 Å². The Morgan fingerprint density at radius 1 is 0.634 bits per heavy atom. The van der Waals surface area contributed by atoms with Crippen molar-refractivity contribution in [2.45, 2.75) is 0 Å². The summed E-state index contributed by atoms with van der Waals surface area (Å²) >= 11 is 0. The highest BCUT2D eigenvalue weighted by atomic mass is 16.5. The monoisotopic (exact) mass is 552 g/mol. The van der Waals surface area contributed by atoms with Crippen LogP contribution in [-0.2, 0) is 0 Å². The second-order valence-electron chi connectivity index (χ2n) is 9.09. The molecule has 10 nitrogen and oxygen atoms in total. The normalized spacial score (nSPS) is 11.1. The molecule has 6 aromatic rings. The Labute approximate surface area is 230 Å². The summed E-state index contributed by atoms with van der Waals surface area (Å²) in [6, 6.07) is 18.5. The largest absolute Gasteiger partial charge is 0.508 e. The van der Waals surface area contributed by atoms with E-state index in [-0.39, 0.29) is 68.0 Å². The average Bonchev–Trinajstić information content (AvgIpc) is 2.94. The molecular weight excluding hydrogens is 532 g/mol. The van der Waals surface area contributed by atoms with Crippen LogP contribution in [0.15, 0.2) is 97.3 Å². The minimum Gasteiger partial charge on any atom is -0.508 e. The zero-order valence-corrected chi connectivity index (χ0v) is 21.2. The van der Waals surface area contributed by atoms with E-state index in [9.17, 15) is 30.0 Å². The minimum absolute atomic E-state index is 0.0186. The standard InChI is InChI=1S/C31H20O10/c1-38-27-14-23(37)29-22(36)13-25(15-2-6-17(32)7-3-15)41-31(29)30(27)39-19-8-4-16(5-9-19)24-12-21(35)28-20(34)10-18(33)11-26(28)40-24/h2-14,32-34,37H,1H3. The van der Waals surface area contributed by atoms with Crippen LogP contribution < -0.4 is 20.3 Å². The summed E-state index contributed by atoms with van der Waals surface area (Å²) in [4.78, 5) is 25.6. The van der Waals surface area contributed by atoms with E-state index in [1.54, 1.807) is 36.4 Å². The molecule has 204 valence electrons. The molecule has 0 fully saturated rings. The fourth-order valence-corrected chi connectivity index (χ4v) is 4.49. The number of ether oxygens (including phenoxy) is 2. The maximum atomic E-state index is 13.0. The van der Waals surface area contributed by atoms with Gasteiger partial charge in [0.05, 0.1) is 7.11 Å². The summed E-state index contributed by atoms with van der Waals surface area (Å²) < 4.78 is 23.3. The van der Waals surface area contributed by atoms with Crippen molar-refractivity contribution in [3.8, 4) is 62.9 Å². The van der Waals surface area contributed by atoms with Gasteiger partial charge in [0, 0.05) is 41.5 Å². The van der Waals surface area contributed by atoms with Crippen molar-refractivity contribution in [3.05, 3.63) is 99.3 Å². The van der Waals surface area contributed by atoms with Gasteiger partial charge in [-0.1, -0.05) is 0 Å². The molecule has 0 aliphatic heterocycles. The van der Waals surface area contributed by atoms with Crippen LogP contribution in [0.3, 0.4) is 0 Å². The molecule has 4 N–H and O–H groups in total. The molecule has 0 spiro atoms. The van der Waals surface area contributed by atoms with Gasteiger partial charge in [-0.2, -0.15) is 0 Å². The predicted octanol–water partition coefficient (Wildman–Crippen LogP) is 5.86. The van der Waals surface area contributed by atoms with Crippen molar-refractivity contribution in [1.82, 2.24) is 0 Å². The Hall–Kier alpha value is -5.90. The first-order valence-corrected chi connectivity index (χ1v) is 12.2. The van der Waals surface area contributed by atoms with Crippen LogP contribution in [0.1, 0.15) is 0 Å². The zero-order chi connectivity index (χ0) is 28.8. The fraction of sp³-hybridized carbons (Fsp3) is 0.0323. The highest BCUT2D eigenvalue weighted by Crippen LogP contribution is 2.43. The topological polar surface area (TPSA) is 160 Å². The molecule has 41 heavy (non-hydrogen) atoms. The van der Waals surface area contributed by atoms with E-state index >= 15 is 0 Å². The lowest BCUT2D eigenvalue weighted by atomic mass is 10.1. The Morgan fingerprint density at radius 3 is 1.88 bits per heavy atom. The molecule has 0 saturated carbocycles. The molecule has 0 radical (unpaired) electrons. The summed E-state index contributed by atoms with van der Waals surface area (Å²) in [5.41, 5.74) is -0.0237. The number of methoxy groups -OCH3 is 1. The van der Waals surface area contributed by atoms with Gasteiger partial charge < -0.3 is 38.7 Å². The van der Waals surface area contributed by atoms with Gasteiger partial charge in [0.15, 0.2) is 22.2 Å². The molecule has 0 unspecified atom stereocenters. The molecule has 0 aliphatic rings. The molecular formula is C31H20O10. The summed E-state index contributed by atoms with van der Waals surface area (Å²) in [5, 5.41) is 39.8. The number of benzene rings is 4. The van der Waals surface area contributed by atoms with Crippen molar-refractivity contribution in [3.63, 3.8) is 0 Å². The molecule has 0 amide bonds. The van der Waals surface area contributed by atoms with Crippen molar-refractivity contribution < 1.29 is 38.7 Å². The van der Waals surface area contributed by atoms with Crippen LogP contribution in [0.4, 0.5) is 0 Å². The molecule has 0 aliphatic carbocycles. The second-order valence-corrected chi connectivity index (χ2v) is 9.09. The summed E-state index contributed by atoms with van der Waals surface area (Å²) in [5.74, 6) is -0.144. The Bertz CT molecular complexity index is 2070. The molecule has 0 saturated heterocycles. The van der Waals surface area contributed by atoms with Gasteiger partial charge in [0.1, 0.15) is 56.6 Å². The lowest BCUT2D eigenvalue weighted by molar-refractivity contribution is 0.372. The first kappa shape index (κ1) is 25.4. The predicted molar refractivity (Wildman–Crippen MR) is 149 cm³/mol. The number of phenols is 4. The number of hydrogen-bond acceptors (Lipinski definition) is 10. The maximum Gasteiger partial charge on any atom is 0.212 e. The van der Waals surface area contributed by atoms with Crippen LogP contribution in [0.2, 0.25) is 0 Å². The van der Waals surface area contributed by atoms with E-state index in [0.717, 1.165) is 6.07 Å². The molecule has 10 heteroatoms. The molecule has 2 heterocycles. The van der Waals surface area contributed by atoms with E-state index in [2.05, 4.69) is 0 Å². The van der Waals surface area contributed by atoms with Crippen molar-refractivity contribution in [2.75, 3.05) is 7.11 Å². The van der Waals surface area contributed by atoms with Gasteiger partial charge in [-0.05, 0) is 48.5 Å². The number of aromatic hydroxyl groups is 4. The molecule has 4 aromatic carbocycles. The Morgan fingerprint density at radius 2 is 1.22 bits per heavy atom. The van der Waals surface area contributed by atoms with Gasteiger partial charge in [-0.25, -0.2) is 0 Å². The summed E-state index contributed by atoms with van der Waals surface area (Å²) in [6.45, 7) is 0. The van der Waals surface area contributed by atoms with Crippen LogP contribution in [-0.4, -0.2) is 27.5 Å². The Balaban J connectivity index is 1.42. The smallest absolute Gasteiger partial charge is 0.212 e. The van der Waals surface area contributed by atoms with Crippen molar-refractivity contribution in [1.29, 1.82) is 0 Å². The number of rotatable bonds is 5. The highest BCUT2D eigenvalue weighted by molar-refractivity contribution is 5.92. The second kappa shape index (κ2) is 9.69. The highest BCUT2D eigenvalue weighted by Gasteiger charge is 2.21. The lowest BCUT2D eigenvalue weighted by Gasteiger charge is -2.14. The van der Waals surface area contributed by atoms with Crippen molar-refractivity contribution in [2.24, 2.45) is 0 Å². The fourth-order valence-electron chi connectivity index (χ4n) is 4.49. The summed E-state index contributed by atoms with van der Waals surface area (Å²) in [7, 11) is 1.37. The first-order valence-electron chi connectivity index (χ1n) is 12.2. The van der Waals surface area contributed by atoms with E-state index in [0.29, 0.717) is 16.9 Å². The van der Waals surface area contributed by atoms with Gasteiger partial charge in [-0.15, -0.1) is 0 Å². The van der Waals surface area contributed by atoms with Gasteiger partial charge in [0.2, 0.25) is 5.75 Å². The Kier molecular flexibility index (Phi) is 6.00. The summed E-state index contributed by atoms with van der Waals surface area (Å²) in [6.07, 6.45) is 0. The number of phenolic OH excluding ortho intramolecular Hbond substituents is 4. The van der Waals surface area contributed by atoms with E-state index in [1.165, 1.54) is 43.5 Å². The third-order valence-electron chi connectivity index (χ3n) is 6.43. The molecule has 0 bridgehead atoms. The number of hydrogen-bond donors (Lipinski definition) is 4. The van der Waals surface area contributed by atoms with Crippen LogP contribution >= 0.6 is 0 Å². The van der Waals surface area contributed by atoms with Crippen molar-refractivity contribution >= 4 is 21.9 Å². The third-order valence-corrected chi connectivity index (χ3v) is 6.43. The molecule has 0 atom stereocenters. The van der Waals surface area contributed by atoms with E-state index < -0.39 is 10.9 Å². The van der Waals surface area contributed by atoms with E-state index in [1.807, 2.05) is 0 Å². The van der Waals surface area contributed by atoms with Gasteiger partial charge >= 0.3 is 0 Å². The zero-order valence-electron chi connectivity index (χ0n) is 21.2. The molecule has 6 rings (SSSR count). The SMILES string of the molecule is COc1cc(O)c2c(=O)cc(-c3ccc(O)cc3)oc2c1Oc1ccc(-c2cc(=O)c3c(O)cc(O)cc3o2)cc1. The lowest BCUT2D eigenvalue weighted by Crippen LogP contribution is -2.03. The van der Waals surface area contributed by atoms with Gasteiger partial charge in [-0.3, -0.25) is 9.59 Å². The van der Waals surface area contributed by atoms with Gasteiger partial charge in [0.25, 0.3) is 0 Å². The van der Waals surface area contributed by atoms with Crippen LogP contribution in [0.5, 0.6) is 40.2 Å². The average molecular weight is 552 g/mol. The van der Waals surface area contributed by atoms with E-state index in [4.69, 9.17) is 18.3 Å². The number of fused-ring (bicyclic) bond motifs is 2. The van der Waals surface area contributed by atoms with Crippen LogP contribution in [0, 0.1) is 0 Å². The third kappa shape index (κ3) is 4.53. The maximum absolute atomic E-state index is 13.0. The molecule has 2 aromatic heterocycles. The quantitative estimate of drug-likeness (QED) is 0.204. The minimum atomic E-state index is -0.516.